The summed E-state index contributed by atoms with van der Waals surface area (Å²) in [6, 6.07) is 15.3. The predicted octanol–water partition coefficient (Wildman–Crippen LogP) is 3.84. The predicted molar refractivity (Wildman–Crippen MR) is 79.2 cm³/mol. The van der Waals surface area contributed by atoms with Gasteiger partial charge in [0.25, 0.3) is 5.52 Å². The van der Waals surface area contributed by atoms with Gasteiger partial charge in [-0.05, 0) is 24.3 Å². The lowest BCUT2D eigenvalue weighted by Gasteiger charge is -2.15. The highest BCUT2D eigenvalue weighted by Gasteiger charge is 2.34. The SMILES string of the molecule is COP(=O)(C(=O)c1cccc(Br)c1)c1ccccc1. The van der Waals surface area contributed by atoms with Gasteiger partial charge in [0.05, 0.1) is 0 Å². The minimum Gasteiger partial charge on any atom is -0.323 e. The normalized spacial score (nSPS) is 13.8. The molecule has 98 valence electrons. The van der Waals surface area contributed by atoms with Gasteiger partial charge in [-0.15, -0.1) is 0 Å². The van der Waals surface area contributed by atoms with Crippen LogP contribution < -0.4 is 5.30 Å². The minimum atomic E-state index is -3.55. The van der Waals surface area contributed by atoms with Gasteiger partial charge in [0.15, 0.2) is 0 Å². The molecule has 3 nitrogen and oxygen atoms in total. The smallest absolute Gasteiger partial charge is 0.300 e. The van der Waals surface area contributed by atoms with Crippen molar-refractivity contribution in [2.75, 3.05) is 7.11 Å². The third-order valence-corrected chi connectivity index (χ3v) is 5.47. The average molecular weight is 339 g/mol. The Morgan fingerprint density at radius 2 is 1.79 bits per heavy atom. The molecule has 19 heavy (non-hydrogen) atoms. The van der Waals surface area contributed by atoms with Gasteiger partial charge < -0.3 is 4.52 Å². The second-order valence-electron chi connectivity index (χ2n) is 3.89. The van der Waals surface area contributed by atoms with Gasteiger partial charge in [-0.1, -0.05) is 46.3 Å². The first-order chi connectivity index (χ1) is 9.08. The van der Waals surface area contributed by atoms with Crippen molar-refractivity contribution in [1.29, 1.82) is 0 Å². The van der Waals surface area contributed by atoms with Gasteiger partial charge >= 0.3 is 7.37 Å². The molecule has 0 amide bonds. The summed E-state index contributed by atoms with van der Waals surface area (Å²) < 4.78 is 18.6. The van der Waals surface area contributed by atoms with Gasteiger partial charge in [-0.2, -0.15) is 0 Å². The zero-order chi connectivity index (χ0) is 13.9. The molecule has 2 rings (SSSR count). The Hall–Kier alpha value is -1.22. The second kappa shape index (κ2) is 5.83. The van der Waals surface area contributed by atoms with E-state index < -0.39 is 12.9 Å². The standard InChI is InChI=1S/C14H12BrO3P/c1-18-19(17,13-8-3-2-4-9-13)14(16)11-6-5-7-12(15)10-11/h2-10H,1H3. The summed E-state index contributed by atoms with van der Waals surface area (Å²) >= 11 is 3.29. The number of hydrogen-bond acceptors (Lipinski definition) is 3. The van der Waals surface area contributed by atoms with E-state index in [2.05, 4.69) is 15.9 Å². The number of benzene rings is 2. The van der Waals surface area contributed by atoms with Crippen LogP contribution in [0.25, 0.3) is 0 Å². The number of rotatable bonds is 4. The van der Waals surface area contributed by atoms with Crippen LogP contribution in [0.1, 0.15) is 10.4 Å². The van der Waals surface area contributed by atoms with E-state index in [-0.39, 0.29) is 0 Å². The van der Waals surface area contributed by atoms with Crippen molar-refractivity contribution in [3.63, 3.8) is 0 Å². The van der Waals surface area contributed by atoms with Crippen molar-refractivity contribution in [2.45, 2.75) is 0 Å². The fourth-order valence-corrected chi connectivity index (χ4v) is 3.78. The largest absolute Gasteiger partial charge is 0.323 e. The van der Waals surface area contributed by atoms with Crippen molar-refractivity contribution >= 4 is 34.1 Å². The molecule has 0 N–H and O–H groups in total. The fraction of sp³-hybridized carbons (Fsp3) is 0.0714. The van der Waals surface area contributed by atoms with Crippen LogP contribution in [0, 0.1) is 0 Å². The van der Waals surface area contributed by atoms with Gasteiger partial charge in [-0.3, -0.25) is 9.36 Å². The Labute approximate surface area is 120 Å². The number of carbonyl (C=O) groups is 1. The van der Waals surface area contributed by atoms with Crippen LogP contribution in [0.5, 0.6) is 0 Å². The van der Waals surface area contributed by atoms with Crippen LogP contribution in [0.3, 0.4) is 0 Å². The quantitative estimate of drug-likeness (QED) is 0.795. The molecule has 0 radical (unpaired) electrons. The maximum atomic E-state index is 12.8. The molecule has 0 aliphatic heterocycles. The Kier molecular flexibility index (Phi) is 4.35. The molecule has 2 aromatic rings. The first kappa shape index (κ1) is 14.2. The van der Waals surface area contributed by atoms with Gasteiger partial charge in [-0.25, -0.2) is 0 Å². The van der Waals surface area contributed by atoms with Gasteiger partial charge in [0.2, 0.25) is 0 Å². The average Bonchev–Trinajstić information content (AvgIpc) is 2.46. The third kappa shape index (κ3) is 2.86. The van der Waals surface area contributed by atoms with E-state index in [4.69, 9.17) is 4.52 Å². The van der Waals surface area contributed by atoms with Crippen molar-refractivity contribution in [3.05, 3.63) is 64.6 Å². The van der Waals surface area contributed by atoms with Gasteiger partial charge in [0.1, 0.15) is 0 Å². The highest BCUT2D eigenvalue weighted by atomic mass is 79.9. The Bertz CT molecular complexity index is 640. The zero-order valence-electron chi connectivity index (χ0n) is 10.2. The molecule has 2 aromatic carbocycles. The molecule has 0 aromatic heterocycles. The van der Waals surface area contributed by atoms with Crippen molar-refractivity contribution in [2.24, 2.45) is 0 Å². The summed E-state index contributed by atoms with van der Waals surface area (Å²) in [5, 5.41) is 0.405. The lowest BCUT2D eigenvalue weighted by molar-refractivity contribution is 0.106. The molecule has 1 unspecified atom stereocenters. The minimum absolute atomic E-state index is 0.364. The lowest BCUT2D eigenvalue weighted by Crippen LogP contribution is -2.14. The summed E-state index contributed by atoms with van der Waals surface area (Å²) in [5.74, 6) is 0. The van der Waals surface area contributed by atoms with E-state index in [1.54, 1.807) is 54.6 Å². The van der Waals surface area contributed by atoms with E-state index in [1.165, 1.54) is 7.11 Å². The van der Waals surface area contributed by atoms with Crippen molar-refractivity contribution in [1.82, 2.24) is 0 Å². The number of halogens is 1. The molecule has 5 heteroatoms. The Morgan fingerprint density at radius 3 is 2.37 bits per heavy atom. The third-order valence-electron chi connectivity index (χ3n) is 2.69. The van der Waals surface area contributed by atoms with E-state index in [1.807, 2.05) is 0 Å². The molecule has 0 spiro atoms. The molecule has 0 bridgehead atoms. The molecular formula is C14H12BrO3P. The maximum absolute atomic E-state index is 12.8. The zero-order valence-corrected chi connectivity index (χ0v) is 12.7. The second-order valence-corrected chi connectivity index (χ2v) is 7.19. The molecule has 0 saturated carbocycles. The van der Waals surface area contributed by atoms with Crippen LogP contribution >= 0.6 is 23.3 Å². The first-order valence-corrected chi connectivity index (χ1v) is 8.01. The molecule has 0 aliphatic rings. The number of hydrogen-bond donors (Lipinski definition) is 0. The van der Waals surface area contributed by atoms with Gasteiger partial charge in [0, 0.05) is 22.5 Å². The van der Waals surface area contributed by atoms with Crippen LogP contribution in [0.15, 0.2) is 59.1 Å². The van der Waals surface area contributed by atoms with Crippen LogP contribution in [0.2, 0.25) is 0 Å². The molecule has 0 saturated heterocycles. The van der Waals surface area contributed by atoms with E-state index in [0.29, 0.717) is 10.9 Å². The molecule has 0 heterocycles. The Balaban J connectivity index is 2.48. The Morgan fingerprint density at radius 1 is 1.11 bits per heavy atom. The lowest BCUT2D eigenvalue weighted by atomic mass is 10.2. The summed E-state index contributed by atoms with van der Waals surface area (Å²) in [4.78, 5) is 12.4. The fourth-order valence-electron chi connectivity index (χ4n) is 1.72. The van der Waals surface area contributed by atoms with E-state index in [0.717, 1.165) is 4.47 Å². The summed E-state index contributed by atoms with van der Waals surface area (Å²) in [5.41, 5.74) is -0.133. The topological polar surface area (TPSA) is 43.4 Å². The molecular weight excluding hydrogens is 327 g/mol. The maximum Gasteiger partial charge on any atom is 0.300 e. The monoisotopic (exact) mass is 338 g/mol. The number of carbonyl (C=O) groups excluding carboxylic acids is 1. The van der Waals surface area contributed by atoms with Crippen LogP contribution in [0.4, 0.5) is 0 Å². The summed E-state index contributed by atoms with van der Waals surface area (Å²) in [6.07, 6.45) is 0. The highest BCUT2D eigenvalue weighted by Crippen LogP contribution is 2.48. The first-order valence-electron chi connectivity index (χ1n) is 5.60. The molecule has 0 aliphatic carbocycles. The van der Waals surface area contributed by atoms with Crippen LogP contribution in [-0.4, -0.2) is 12.6 Å². The highest BCUT2D eigenvalue weighted by molar-refractivity contribution is 9.10. The molecule has 1 atom stereocenters. The van der Waals surface area contributed by atoms with E-state index >= 15 is 0 Å². The van der Waals surface area contributed by atoms with E-state index in [9.17, 15) is 9.36 Å². The molecule has 0 fully saturated rings. The summed E-state index contributed by atoms with van der Waals surface area (Å²) in [6.45, 7) is 0. The van der Waals surface area contributed by atoms with Crippen molar-refractivity contribution in [3.8, 4) is 0 Å². The van der Waals surface area contributed by atoms with Crippen LogP contribution in [-0.2, 0) is 9.09 Å². The summed E-state index contributed by atoms with van der Waals surface area (Å²) in [7, 11) is -2.25. The van der Waals surface area contributed by atoms with Crippen molar-refractivity contribution < 1.29 is 13.9 Å².